The van der Waals surface area contributed by atoms with Crippen LogP contribution in [-0.2, 0) is 13.2 Å². The maximum atomic E-state index is 12.7. The van der Waals surface area contributed by atoms with Crippen LogP contribution in [0.2, 0.25) is 0 Å². The van der Waals surface area contributed by atoms with Crippen LogP contribution in [0.15, 0.2) is 51.2 Å². The summed E-state index contributed by atoms with van der Waals surface area (Å²) in [7, 11) is 1.98. The fourth-order valence-electron chi connectivity index (χ4n) is 2.86. The highest BCUT2D eigenvalue weighted by molar-refractivity contribution is 9.11. The highest BCUT2D eigenvalue weighted by atomic mass is 79.9. The quantitative estimate of drug-likeness (QED) is 0.564. The number of rotatable bonds is 4. The van der Waals surface area contributed by atoms with Gasteiger partial charge in [0.2, 0.25) is 0 Å². The zero-order valence-corrected chi connectivity index (χ0v) is 15.4. The van der Waals surface area contributed by atoms with Gasteiger partial charge in [-0.1, -0.05) is 18.2 Å². The Hall–Kier alpha value is -1.96. The molecule has 0 saturated heterocycles. The first kappa shape index (κ1) is 15.6. The minimum Gasteiger partial charge on any atom is -0.350 e. The molecule has 3 heterocycles. The van der Waals surface area contributed by atoms with Crippen LogP contribution >= 0.6 is 27.3 Å². The van der Waals surface area contributed by atoms with E-state index in [4.69, 9.17) is 0 Å². The molecule has 0 radical (unpaired) electrons. The number of H-pyrrole nitrogens is 1. The number of aromatic amines is 1. The minimum atomic E-state index is -0.0945. The van der Waals surface area contributed by atoms with Gasteiger partial charge in [-0.05, 0) is 41.2 Å². The number of halogens is 1. The van der Waals surface area contributed by atoms with Gasteiger partial charge in [-0.15, -0.1) is 11.3 Å². The number of nitrogens with one attached hydrogen (secondary N) is 1. The van der Waals surface area contributed by atoms with Crippen LogP contribution in [0.5, 0.6) is 0 Å². The van der Waals surface area contributed by atoms with Gasteiger partial charge in [-0.3, -0.25) is 9.69 Å². The van der Waals surface area contributed by atoms with E-state index in [1.165, 1.54) is 9.56 Å². The van der Waals surface area contributed by atoms with Crippen LogP contribution in [0.1, 0.15) is 4.88 Å². The van der Waals surface area contributed by atoms with E-state index in [9.17, 15) is 4.79 Å². The summed E-state index contributed by atoms with van der Waals surface area (Å²) in [5.41, 5.74) is 1.47. The first-order chi connectivity index (χ1) is 11.6. The summed E-state index contributed by atoms with van der Waals surface area (Å²) in [5.74, 6) is 0. The van der Waals surface area contributed by atoms with E-state index in [1.807, 2.05) is 37.4 Å². The molecule has 1 aromatic carbocycles. The highest BCUT2D eigenvalue weighted by Crippen LogP contribution is 2.23. The van der Waals surface area contributed by atoms with Crippen LogP contribution in [0.25, 0.3) is 21.8 Å². The van der Waals surface area contributed by atoms with Crippen molar-refractivity contribution in [3.63, 3.8) is 0 Å². The van der Waals surface area contributed by atoms with Crippen molar-refractivity contribution in [2.24, 2.45) is 0 Å². The standard InChI is InChI=1S/C17H15BrN4OS/c1-21(9-11-6-7-15(18)24-11)10-22-17(23)16-13(8-19-22)12-4-2-3-5-14(12)20-16/h2-8,20H,9-10H2,1H3. The van der Waals surface area contributed by atoms with Gasteiger partial charge in [-0.2, -0.15) is 5.10 Å². The summed E-state index contributed by atoms with van der Waals surface area (Å²) < 4.78 is 2.61. The number of thiophene rings is 1. The average Bonchev–Trinajstić information content (AvgIpc) is 3.14. The molecule has 7 heteroatoms. The van der Waals surface area contributed by atoms with Gasteiger partial charge >= 0.3 is 0 Å². The van der Waals surface area contributed by atoms with Crippen molar-refractivity contribution >= 4 is 49.1 Å². The van der Waals surface area contributed by atoms with E-state index in [0.717, 1.165) is 26.6 Å². The van der Waals surface area contributed by atoms with E-state index < -0.39 is 0 Å². The number of hydrogen-bond donors (Lipinski definition) is 1. The second kappa shape index (κ2) is 6.16. The predicted molar refractivity (Wildman–Crippen MR) is 101 cm³/mol. The molecule has 0 saturated carbocycles. The predicted octanol–water partition coefficient (Wildman–Crippen LogP) is 3.79. The van der Waals surface area contributed by atoms with Crippen molar-refractivity contribution in [2.45, 2.75) is 13.2 Å². The van der Waals surface area contributed by atoms with E-state index >= 15 is 0 Å². The smallest absolute Gasteiger partial charge is 0.292 e. The van der Waals surface area contributed by atoms with Crippen molar-refractivity contribution in [3.05, 3.63) is 61.6 Å². The summed E-state index contributed by atoms with van der Waals surface area (Å²) >= 11 is 5.17. The highest BCUT2D eigenvalue weighted by Gasteiger charge is 2.11. The van der Waals surface area contributed by atoms with E-state index in [2.05, 4.69) is 37.0 Å². The molecule has 4 rings (SSSR count). The van der Waals surface area contributed by atoms with Crippen LogP contribution < -0.4 is 5.56 Å². The second-order valence-corrected chi connectivity index (χ2v) is 8.32. The molecule has 0 aliphatic carbocycles. The third-order valence-corrected chi connectivity index (χ3v) is 5.56. The van der Waals surface area contributed by atoms with Gasteiger partial charge in [0.1, 0.15) is 5.52 Å². The molecule has 0 bridgehead atoms. The zero-order valence-electron chi connectivity index (χ0n) is 13.0. The summed E-state index contributed by atoms with van der Waals surface area (Å²) in [6.07, 6.45) is 1.77. The molecular weight excluding hydrogens is 388 g/mol. The Morgan fingerprint density at radius 2 is 2.08 bits per heavy atom. The average molecular weight is 403 g/mol. The molecular formula is C17H15BrN4OS. The Balaban J connectivity index is 1.65. The summed E-state index contributed by atoms with van der Waals surface area (Å²) in [5, 5.41) is 6.25. The zero-order chi connectivity index (χ0) is 16.7. The van der Waals surface area contributed by atoms with E-state index in [-0.39, 0.29) is 5.56 Å². The van der Waals surface area contributed by atoms with Gasteiger partial charge in [-0.25, -0.2) is 4.68 Å². The van der Waals surface area contributed by atoms with Gasteiger partial charge in [0.15, 0.2) is 0 Å². The number of hydrogen-bond acceptors (Lipinski definition) is 4. The molecule has 0 spiro atoms. The fraction of sp³-hybridized carbons (Fsp3) is 0.176. The lowest BCUT2D eigenvalue weighted by molar-refractivity contribution is 0.243. The van der Waals surface area contributed by atoms with Gasteiger partial charge in [0.05, 0.1) is 16.7 Å². The first-order valence-corrected chi connectivity index (χ1v) is 9.12. The van der Waals surface area contributed by atoms with E-state index in [1.54, 1.807) is 17.5 Å². The van der Waals surface area contributed by atoms with Crippen LogP contribution in [0.3, 0.4) is 0 Å². The molecule has 0 atom stereocenters. The molecule has 0 unspecified atom stereocenters. The Morgan fingerprint density at radius 3 is 2.88 bits per heavy atom. The summed E-state index contributed by atoms with van der Waals surface area (Å²) in [4.78, 5) is 19.3. The number of aromatic nitrogens is 3. The maximum absolute atomic E-state index is 12.7. The first-order valence-electron chi connectivity index (χ1n) is 7.51. The molecule has 0 aliphatic rings. The molecule has 0 amide bonds. The maximum Gasteiger partial charge on any atom is 0.292 e. The lowest BCUT2D eigenvalue weighted by Crippen LogP contribution is -2.31. The normalized spacial score (nSPS) is 11.8. The molecule has 3 aromatic heterocycles. The number of fused-ring (bicyclic) bond motifs is 3. The Kier molecular flexibility index (Phi) is 3.99. The van der Waals surface area contributed by atoms with Gasteiger partial charge in [0.25, 0.3) is 5.56 Å². The van der Waals surface area contributed by atoms with Gasteiger partial charge < -0.3 is 4.98 Å². The third-order valence-electron chi connectivity index (χ3n) is 3.95. The Morgan fingerprint density at radius 1 is 1.25 bits per heavy atom. The van der Waals surface area contributed by atoms with Crippen molar-refractivity contribution in [2.75, 3.05) is 7.05 Å². The van der Waals surface area contributed by atoms with Crippen molar-refractivity contribution in [1.29, 1.82) is 0 Å². The number of benzene rings is 1. The van der Waals surface area contributed by atoms with Crippen molar-refractivity contribution in [1.82, 2.24) is 19.7 Å². The molecule has 122 valence electrons. The van der Waals surface area contributed by atoms with Crippen LogP contribution in [0, 0.1) is 0 Å². The molecule has 1 N–H and O–H groups in total. The van der Waals surface area contributed by atoms with Crippen LogP contribution in [-0.4, -0.2) is 26.7 Å². The lowest BCUT2D eigenvalue weighted by atomic mass is 10.2. The number of nitrogens with zero attached hydrogens (tertiary/aromatic N) is 3. The topological polar surface area (TPSA) is 53.9 Å². The largest absolute Gasteiger partial charge is 0.350 e. The van der Waals surface area contributed by atoms with Gasteiger partial charge in [0, 0.05) is 27.7 Å². The van der Waals surface area contributed by atoms with E-state index in [0.29, 0.717) is 12.2 Å². The van der Waals surface area contributed by atoms with Crippen LogP contribution in [0.4, 0.5) is 0 Å². The molecule has 5 nitrogen and oxygen atoms in total. The van der Waals surface area contributed by atoms with Crippen molar-refractivity contribution < 1.29 is 0 Å². The Bertz CT molecular complexity index is 1080. The third kappa shape index (κ3) is 2.79. The molecule has 4 aromatic rings. The fourth-order valence-corrected chi connectivity index (χ4v) is 4.42. The molecule has 0 aliphatic heterocycles. The number of para-hydroxylation sites is 1. The second-order valence-electron chi connectivity index (χ2n) is 5.77. The minimum absolute atomic E-state index is 0.0945. The molecule has 24 heavy (non-hydrogen) atoms. The molecule has 0 fully saturated rings. The Labute approximate surface area is 150 Å². The summed E-state index contributed by atoms with van der Waals surface area (Å²) in [6.45, 7) is 1.22. The lowest BCUT2D eigenvalue weighted by Gasteiger charge is -2.16. The SMILES string of the molecule is CN(Cc1ccc(Br)s1)Cn1ncc2c([nH]c3ccccc32)c1=O. The monoisotopic (exact) mass is 402 g/mol. The van der Waals surface area contributed by atoms with Crippen molar-refractivity contribution in [3.8, 4) is 0 Å². The summed E-state index contributed by atoms with van der Waals surface area (Å²) in [6, 6.07) is 12.0.